The summed E-state index contributed by atoms with van der Waals surface area (Å²) in [4.78, 5) is 45.2. The second-order valence-corrected chi connectivity index (χ2v) is 9.67. The van der Waals surface area contributed by atoms with Crippen molar-refractivity contribution in [2.75, 3.05) is 45.9 Å². The van der Waals surface area contributed by atoms with Crippen molar-refractivity contribution in [1.29, 1.82) is 0 Å². The second-order valence-electron chi connectivity index (χ2n) is 9.67. The molecule has 3 heterocycles. The van der Waals surface area contributed by atoms with Crippen molar-refractivity contribution in [3.8, 4) is 0 Å². The van der Waals surface area contributed by atoms with Crippen LogP contribution < -0.4 is 5.32 Å². The van der Waals surface area contributed by atoms with Crippen LogP contribution in [-0.2, 0) is 20.7 Å². The van der Waals surface area contributed by atoms with Gasteiger partial charge in [-0.2, -0.15) is 0 Å². The molecule has 2 amide bonds. The molecule has 2 aliphatic heterocycles. The number of amides is 2. The molecule has 1 atom stereocenters. The molecule has 1 aromatic heterocycles. The van der Waals surface area contributed by atoms with Gasteiger partial charge in [-0.05, 0) is 77.1 Å². The Morgan fingerprint density at radius 2 is 1.79 bits per heavy atom. The molecule has 0 spiro atoms. The van der Waals surface area contributed by atoms with Crippen molar-refractivity contribution in [2.45, 2.75) is 72.1 Å². The molecule has 0 aromatic carbocycles. The van der Waals surface area contributed by atoms with Gasteiger partial charge in [-0.3, -0.25) is 9.59 Å². The number of rotatable bonds is 9. The van der Waals surface area contributed by atoms with Crippen LogP contribution in [0.1, 0.15) is 79.2 Å². The van der Waals surface area contributed by atoms with Crippen LogP contribution >= 0.6 is 0 Å². The molecule has 3 rings (SSSR count). The normalized spacial score (nSPS) is 19.5. The fourth-order valence-corrected chi connectivity index (χ4v) is 5.22. The molecule has 1 aromatic rings. The predicted octanol–water partition coefficient (Wildman–Crippen LogP) is 2.97. The molecule has 8 heteroatoms. The number of likely N-dealkylation sites (tertiary alicyclic amines) is 2. The average molecular weight is 475 g/mol. The number of aromatic amines is 1. The topological polar surface area (TPSA) is 94.7 Å². The molecule has 0 aliphatic carbocycles. The SMILES string of the molecule is CCOC(=O)c1[nH]c(C)c(CCC(=O)N2CCC[C@H](C(=O)NCCN3CCCCCC3)C2)c1C. The zero-order chi connectivity index (χ0) is 24.5. The molecule has 2 aliphatic rings. The fraction of sp³-hybridized carbons (Fsp3) is 0.731. The maximum atomic E-state index is 12.9. The van der Waals surface area contributed by atoms with Gasteiger partial charge in [-0.25, -0.2) is 4.79 Å². The monoisotopic (exact) mass is 474 g/mol. The lowest BCUT2D eigenvalue weighted by Crippen LogP contribution is -2.46. The van der Waals surface area contributed by atoms with Crippen LogP contribution in [0.3, 0.4) is 0 Å². The number of carbonyl (C=O) groups is 3. The summed E-state index contributed by atoms with van der Waals surface area (Å²) in [5, 5.41) is 3.11. The Kier molecular flexibility index (Phi) is 9.99. The van der Waals surface area contributed by atoms with Crippen molar-refractivity contribution in [3.63, 3.8) is 0 Å². The number of ether oxygens (including phenoxy) is 1. The molecule has 2 saturated heterocycles. The van der Waals surface area contributed by atoms with Crippen molar-refractivity contribution in [3.05, 3.63) is 22.5 Å². The zero-order valence-corrected chi connectivity index (χ0v) is 21.2. The van der Waals surface area contributed by atoms with E-state index < -0.39 is 0 Å². The molecule has 34 heavy (non-hydrogen) atoms. The molecule has 2 fully saturated rings. The maximum absolute atomic E-state index is 12.9. The molecule has 2 N–H and O–H groups in total. The number of hydrogen-bond donors (Lipinski definition) is 2. The summed E-state index contributed by atoms with van der Waals surface area (Å²) in [6, 6.07) is 0. The summed E-state index contributed by atoms with van der Waals surface area (Å²) in [6.45, 7) is 11.0. The highest BCUT2D eigenvalue weighted by atomic mass is 16.5. The Morgan fingerprint density at radius 1 is 1.06 bits per heavy atom. The largest absolute Gasteiger partial charge is 0.461 e. The Bertz CT molecular complexity index is 842. The van der Waals surface area contributed by atoms with Crippen molar-refractivity contribution < 1.29 is 19.1 Å². The standard InChI is InChI=1S/C26H42N4O4/c1-4-34-26(33)24-19(2)22(20(3)28-24)11-12-23(31)30-16-9-10-21(18-30)25(32)27-13-17-29-14-7-5-6-8-15-29/h21,28H,4-18H2,1-3H3,(H,27,32)/t21-/m0/s1. The number of nitrogens with one attached hydrogen (secondary N) is 2. The number of aryl methyl sites for hydroxylation is 1. The van der Waals surface area contributed by atoms with Crippen LogP contribution in [0.15, 0.2) is 0 Å². The number of piperidine rings is 1. The lowest BCUT2D eigenvalue weighted by molar-refractivity contribution is -0.135. The van der Waals surface area contributed by atoms with Crippen molar-refractivity contribution >= 4 is 17.8 Å². The van der Waals surface area contributed by atoms with Crippen LogP contribution in [-0.4, -0.2) is 78.4 Å². The van der Waals surface area contributed by atoms with Crippen molar-refractivity contribution in [1.82, 2.24) is 20.1 Å². The summed E-state index contributed by atoms with van der Waals surface area (Å²) in [5.74, 6) is -0.349. The van der Waals surface area contributed by atoms with E-state index in [1.807, 2.05) is 18.7 Å². The van der Waals surface area contributed by atoms with Gasteiger partial charge < -0.3 is 24.8 Å². The van der Waals surface area contributed by atoms with Gasteiger partial charge in [-0.15, -0.1) is 0 Å². The summed E-state index contributed by atoms with van der Waals surface area (Å²) in [6.07, 6.45) is 7.73. The number of hydrogen-bond acceptors (Lipinski definition) is 5. The zero-order valence-electron chi connectivity index (χ0n) is 21.2. The Labute approximate surface area is 203 Å². The molecule has 0 radical (unpaired) electrons. The maximum Gasteiger partial charge on any atom is 0.355 e. The number of H-pyrrole nitrogens is 1. The number of esters is 1. The molecular formula is C26H42N4O4. The van der Waals surface area contributed by atoms with Crippen LogP contribution in [0.4, 0.5) is 0 Å². The van der Waals surface area contributed by atoms with E-state index in [9.17, 15) is 14.4 Å². The highest BCUT2D eigenvalue weighted by Crippen LogP contribution is 2.22. The molecule has 0 saturated carbocycles. The van der Waals surface area contributed by atoms with Crippen LogP contribution in [0.25, 0.3) is 0 Å². The lowest BCUT2D eigenvalue weighted by atomic mass is 9.96. The summed E-state index contributed by atoms with van der Waals surface area (Å²) < 4.78 is 5.11. The Hall–Kier alpha value is -2.35. The third-order valence-corrected chi connectivity index (χ3v) is 7.23. The predicted molar refractivity (Wildman–Crippen MR) is 132 cm³/mol. The number of nitrogens with zero attached hydrogens (tertiary/aromatic N) is 2. The summed E-state index contributed by atoms with van der Waals surface area (Å²) in [5.41, 5.74) is 3.21. The van der Waals surface area contributed by atoms with Gasteiger partial charge in [-0.1, -0.05) is 12.8 Å². The van der Waals surface area contributed by atoms with Gasteiger partial charge in [0.1, 0.15) is 5.69 Å². The van der Waals surface area contributed by atoms with E-state index in [0.717, 1.165) is 49.3 Å². The van der Waals surface area contributed by atoms with Gasteiger partial charge in [0.2, 0.25) is 11.8 Å². The van der Waals surface area contributed by atoms with Gasteiger partial charge in [0.25, 0.3) is 0 Å². The first-order chi connectivity index (χ1) is 16.4. The van der Waals surface area contributed by atoms with Crippen LogP contribution in [0.2, 0.25) is 0 Å². The fourth-order valence-electron chi connectivity index (χ4n) is 5.22. The first kappa shape index (κ1) is 26.3. The quantitative estimate of drug-likeness (QED) is 0.537. The van der Waals surface area contributed by atoms with Crippen molar-refractivity contribution in [2.24, 2.45) is 5.92 Å². The van der Waals surface area contributed by atoms with E-state index in [4.69, 9.17) is 4.74 Å². The minimum atomic E-state index is -0.360. The molecule has 190 valence electrons. The van der Waals surface area contributed by atoms with Crippen LogP contribution in [0.5, 0.6) is 0 Å². The highest BCUT2D eigenvalue weighted by molar-refractivity contribution is 5.90. The van der Waals surface area contributed by atoms with Gasteiger partial charge >= 0.3 is 5.97 Å². The summed E-state index contributed by atoms with van der Waals surface area (Å²) >= 11 is 0. The number of carbonyl (C=O) groups excluding carboxylic acids is 3. The third-order valence-electron chi connectivity index (χ3n) is 7.23. The lowest BCUT2D eigenvalue weighted by Gasteiger charge is -2.32. The van der Waals surface area contributed by atoms with E-state index in [-0.39, 0.29) is 23.7 Å². The third kappa shape index (κ3) is 7.08. The number of aromatic nitrogens is 1. The van der Waals surface area contributed by atoms with Gasteiger partial charge in [0.15, 0.2) is 0 Å². The van der Waals surface area contributed by atoms with E-state index in [2.05, 4.69) is 15.2 Å². The molecule has 0 unspecified atom stereocenters. The van der Waals surface area contributed by atoms with E-state index in [0.29, 0.717) is 44.8 Å². The molecule has 8 nitrogen and oxygen atoms in total. The van der Waals surface area contributed by atoms with E-state index >= 15 is 0 Å². The minimum Gasteiger partial charge on any atom is -0.461 e. The summed E-state index contributed by atoms with van der Waals surface area (Å²) in [7, 11) is 0. The van der Waals surface area contributed by atoms with E-state index in [1.165, 1.54) is 25.7 Å². The van der Waals surface area contributed by atoms with Gasteiger partial charge in [0, 0.05) is 38.3 Å². The van der Waals surface area contributed by atoms with E-state index in [1.54, 1.807) is 6.92 Å². The average Bonchev–Trinajstić information content (AvgIpc) is 2.99. The molecular weight excluding hydrogens is 432 g/mol. The first-order valence-corrected chi connectivity index (χ1v) is 13.0. The Balaban J connectivity index is 1.46. The Morgan fingerprint density at radius 3 is 2.50 bits per heavy atom. The smallest absolute Gasteiger partial charge is 0.355 e. The minimum absolute atomic E-state index is 0.0692. The highest BCUT2D eigenvalue weighted by Gasteiger charge is 2.28. The van der Waals surface area contributed by atoms with Gasteiger partial charge in [0.05, 0.1) is 12.5 Å². The van der Waals surface area contributed by atoms with Crippen LogP contribution in [0, 0.1) is 19.8 Å². The molecule has 0 bridgehead atoms. The second kappa shape index (κ2) is 12.9. The first-order valence-electron chi connectivity index (χ1n) is 13.0.